The highest BCUT2D eigenvalue weighted by Crippen LogP contribution is 2.29. The summed E-state index contributed by atoms with van der Waals surface area (Å²) in [6.45, 7) is 7.06. The molecule has 2 atom stereocenters. The Bertz CT molecular complexity index is 634. The van der Waals surface area contributed by atoms with Gasteiger partial charge in [-0.15, -0.1) is 0 Å². The SMILES string of the molecule is C[C@@H]1C[C@@H](C)CN(CCNS(=O)(=O)c2ccc(C(F)(F)F)cc2)C1. The first-order chi connectivity index (χ1) is 11.1. The van der Waals surface area contributed by atoms with Gasteiger partial charge in [0.2, 0.25) is 10.0 Å². The molecule has 1 fully saturated rings. The van der Waals surface area contributed by atoms with E-state index in [-0.39, 0.29) is 11.4 Å². The number of benzene rings is 1. The van der Waals surface area contributed by atoms with Crippen LogP contribution in [0.1, 0.15) is 25.8 Å². The number of alkyl halides is 3. The highest BCUT2D eigenvalue weighted by atomic mass is 32.2. The van der Waals surface area contributed by atoms with Crippen molar-refractivity contribution >= 4 is 10.0 Å². The summed E-state index contributed by atoms with van der Waals surface area (Å²) in [6, 6.07) is 3.53. The quantitative estimate of drug-likeness (QED) is 0.874. The van der Waals surface area contributed by atoms with Gasteiger partial charge in [0.15, 0.2) is 0 Å². The average Bonchev–Trinajstić information content (AvgIpc) is 2.45. The molecule has 1 aliphatic rings. The van der Waals surface area contributed by atoms with Gasteiger partial charge in [0.05, 0.1) is 10.5 Å². The van der Waals surface area contributed by atoms with Gasteiger partial charge in [0.25, 0.3) is 0 Å². The van der Waals surface area contributed by atoms with Crippen molar-refractivity contribution in [3.05, 3.63) is 29.8 Å². The maximum atomic E-state index is 12.5. The van der Waals surface area contributed by atoms with Crippen LogP contribution in [-0.4, -0.2) is 39.5 Å². The minimum absolute atomic E-state index is 0.157. The summed E-state index contributed by atoms with van der Waals surface area (Å²) in [7, 11) is -3.79. The number of halogens is 3. The van der Waals surface area contributed by atoms with Crippen LogP contribution in [0.5, 0.6) is 0 Å². The summed E-state index contributed by atoms with van der Waals surface area (Å²) in [6.07, 6.45) is -3.30. The molecule has 136 valence electrons. The molecule has 1 heterocycles. The number of nitrogens with one attached hydrogen (secondary N) is 1. The Morgan fingerprint density at radius 2 is 1.67 bits per heavy atom. The first-order valence-corrected chi connectivity index (χ1v) is 9.45. The predicted octanol–water partition coefficient (Wildman–Crippen LogP) is 2.96. The van der Waals surface area contributed by atoms with Gasteiger partial charge in [-0.2, -0.15) is 13.2 Å². The molecule has 0 aliphatic carbocycles. The van der Waals surface area contributed by atoms with Crippen LogP contribution in [0.25, 0.3) is 0 Å². The number of nitrogens with zero attached hydrogens (tertiary/aromatic N) is 1. The Hall–Kier alpha value is -1.12. The second-order valence-corrected chi connectivity index (χ2v) is 8.39. The molecule has 1 saturated heterocycles. The minimum Gasteiger partial charge on any atom is -0.302 e. The third-order valence-corrected chi connectivity index (χ3v) is 5.63. The van der Waals surface area contributed by atoms with E-state index in [1.165, 1.54) is 6.42 Å². The lowest BCUT2D eigenvalue weighted by atomic mass is 9.92. The largest absolute Gasteiger partial charge is 0.416 e. The van der Waals surface area contributed by atoms with E-state index in [1.54, 1.807) is 0 Å². The Morgan fingerprint density at radius 1 is 1.12 bits per heavy atom. The van der Waals surface area contributed by atoms with Gasteiger partial charge in [-0.25, -0.2) is 13.1 Å². The molecule has 0 saturated carbocycles. The van der Waals surface area contributed by atoms with E-state index in [9.17, 15) is 21.6 Å². The molecule has 0 spiro atoms. The number of rotatable bonds is 5. The second kappa shape index (κ2) is 7.41. The monoisotopic (exact) mass is 364 g/mol. The maximum Gasteiger partial charge on any atom is 0.416 e. The van der Waals surface area contributed by atoms with Crippen LogP contribution < -0.4 is 4.72 Å². The predicted molar refractivity (Wildman–Crippen MR) is 86.0 cm³/mol. The molecule has 0 aromatic heterocycles. The van der Waals surface area contributed by atoms with Gasteiger partial charge in [-0.3, -0.25) is 0 Å². The molecule has 4 nitrogen and oxygen atoms in total. The standard InChI is InChI=1S/C16H23F3N2O2S/c1-12-9-13(2)11-21(10-12)8-7-20-24(22,23)15-5-3-14(4-6-15)16(17,18)19/h3-6,12-13,20H,7-11H2,1-2H3/t12-,13-/m1/s1. The molecule has 2 rings (SSSR count). The van der Waals surface area contributed by atoms with E-state index in [0.717, 1.165) is 37.4 Å². The Labute approximate surface area is 141 Å². The van der Waals surface area contributed by atoms with Gasteiger partial charge < -0.3 is 4.90 Å². The van der Waals surface area contributed by atoms with E-state index in [0.29, 0.717) is 18.4 Å². The molecule has 1 aliphatic heterocycles. The molecular weight excluding hydrogens is 341 g/mol. The van der Waals surface area contributed by atoms with Crippen molar-refractivity contribution in [3.8, 4) is 0 Å². The minimum atomic E-state index is -4.47. The number of likely N-dealkylation sites (tertiary alicyclic amines) is 1. The van der Waals surface area contributed by atoms with Crippen molar-refractivity contribution in [2.75, 3.05) is 26.2 Å². The molecule has 8 heteroatoms. The van der Waals surface area contributed by atoms with Crippen LogP contribution in [-0.2, 0) is 16.2 Å². The number of hydrogen-bond donors (Lipinski definition) is 1. The van der Waals surface area contributed by atoms with Gasteiger partial charge in [-0.1, -0.05) is 13.8 Å². The third kappa shape index (κ3) is 5.19. The Morgan fingerprint density at radius 3 is 2.17 bits per heavy atom. The molecule has 1 N–H and O–H groups in total. The number of hydrogen-bond acceptors (Lipinski definition) is 3. The third-order valence-electron chi connectivity index (χ3n) is 4.16. The van der Waals surface area contributed by atoms with Crippen molar-refractivity contribution < 1.29 is 21.6 Å². The van der Waals surface area contributed by atoms with Gasteiger partial charge >= 0.3 is 6.18 Å². The van der Waals surface area contributed by atoms with Crippen molar-refractivity contribution in [2.45, 2.75) is 31.3 Å². The summed E-state index contributed by atoms with van der Waals surface area (Å²) in [5, 5.41) is 0. The average molecular weight is 364 g/mol. The zero-order valence-electron chi connectivity index (χ0n) is 13.8. The lowest BCUT2D eigenvalue weighted by molar-refractivity contribution is -0.137. The molecule has 0 unspecified atom stereocenters. The molecular formula is C16H23F3N2O2S. The van der Waals surface area contributed by atoms with Crippen LogP contribution in [0.15, 0.2) is 29.2 Å². The summed E-state index contributed by atoms with van der Waals surface area (Å²) in [4.78, 5) is 2.06. The fourth-order valence-electron chi connectivity index (χ4n) is 3.22. The summed E-state index contributed by atoms with van der Waals surface area (Å²) >= 11 is 0. The molecule has 1 aromatic carbocycles. The van der Waals surface area contributed by atoms with Crippen LogP contribution in [0.3, 0.4) is 0 Å². The smallest absolute Gasteiger partial charge is 0.302 e. The maximum absolute atomic E-state index is 12.5. The fraction of sp³-hybridized carbons (Fsp3) is 0.625. The zero-order valence-corrected chi connectivity index (χ0v) is 14.6. The van der Waals surface area contributed by atoms with Crippen LogP contribution in [0.4, 0.5) is 13.2 Å². The first-order valence-electron chi connectivity index (χ1n) is 7.97. The highest BCUT2D eigenvalue weighted by molar-refractivity contribution is 7.89. The topological polar surface area (TPSA) is 49.4 Å². The lowest BCUT2D eigenvalue weighted by Gasteiger charge is -2.34. The highest BCUT2D eigenvalue weighted by Gasteiger charge is 2.30. The van der Waals surface area contributed by atoms with E-state index in [4.69, 9.17) is 0 Å². The Kier molecular flexibility index (Phi) is 5.93. The summed E-state index contributed by atoms with van der Waals surface area (Å²) in [5.41, 5.74) is -0.863. The normalized spacial score (nSPS) is 23.4. The van der Waals surface area contributed by atoms with Crippen molar-refractivity contribution in [3.63, 3.8) is 0 Å². The van der Waals surface area contributed by atoms with E-state index >= 15 is 0 Å². The van der Waals surface area contributed by atoms with Gasteiger partial charge in [-0.05, 0) is 42.5 Å². The van der Waals surface area contributed by atoms with Gasteiger partial charge in [0, 0.05) is 26.2 Å². The van der Waals surface area contributed by atoms with Crippen molar-refractivity contribution in [1.29, 1.82) is 0 Å². The van der Waals surface area contributed by atoms with Gasteiger partial charge in [0.1, 0.15) is 0 Å². The molecule has 1 aromatic rings. The van der Waals surface area contributed by atoms with Crippen molar-refractivity contribution in [2.24, 2.45) is 11.8 Å². The van der Waals surface area contributed by atoms with E-state index in [2.05, 4.69) is 23.5 Å². The van der Waals surface area contributed by atoms with Crippen molar-refractivity contribution in [1.82, 2.24) is 9.62 Å². The Balaban J connectivity index is 1.91. The number of piperidine rings is 1. The van der Waals surface area contributed by atoms with Crippen LogP contribution >= 0.6 is 0 Å². The molecule has 0 radical (unpaired) electrons. The lowest BCUT2D eigenvalue weighted by Crippen LogP contribution is -2.42. The zero-order chi connectivity index (χ0) is 18.0. The fourth-order valence-corrected chi connectivity index (χ4v) is 4.24. The summed E-state index contributed by atoms with van der Waals surface area (Å²) in [5.74, 6) is 1.17. The van der Waals surface area contributed by atoms with Crippen LogP contribution in [0, 0.1) is 11.8 Å². The van der Waals surface area contributed by atoms with E-state index in [1.807, 2.05) is 0 Å². The number of sulfonamides is 1. The molecule has 0 amide bonds. The van der Waals surface area contributed by atoms with E-state index < -0.39 is 21.8 Å². The first kappa shape index (κ1) is 19.2. The van der Waals surface area contributed by atoms with Crippen LogP contribution in [0.2, 0.25) is 0 Å². The second-order valence-electron chi connectivity index (χ2n) is 6.63. The molecule has 24 heavy (non-hydrogen) atoms. The molecule has 0 bridgehead atoms. The summed E-state index contributed by atoms with van der Waals surface area (Å²) < 4.78 is 64.3.